The highest BCUT2D eigenvalue weighted by Gasteiger charge is 2.37. The summed E-state index contributed by atoms with van der Waals surface area (Å²) in [6.07, 6.45) is 4.52. The van der Waals surface area contributed by atoms with E-state index in [2.05, 4.69) is 20.3 Å². The first-order valence-electron chi connectivity index (χ1n) is 10.6. The summed E-state index contributed by atoms with van der Waals surface area (Å²) in [6.45, 7) is 6.93. The molecule has 3 aromatic rings. The Kier molecular flexibility index (Phi) is 6.32. The van der Waals surface area contributed by atoms with E-state index in [1.54, 1.807) is 37.3 Å². The molecule has 4 rings (SSSR count). The molecule has 2 aromatic heterocycles. The molecule has 1 saturated heterocycles. The van der Waals surface area contributed by atoms with Crippen LogP contribution in [0.3, 0.4) is 0 Å². The van der Waals surface area contributed by atoms with Gasteiger partial charge in [0.15, 0.2) is 5.60 Å². The topological polar surface area (TPSA) is 89.5 Å². The van der Waals surface area contributed by atoms with Crippen molar-refractivity contribution in [1.82, 2.24) is 19.9 Å². The molecule has 1 N–H and O–H groups in total. The number of morpholine rings is 1. The number of hydrogen-bond acceptors (Lipinski definition) is 7. The molecule has 0 spiro atoms. The number of nitrogens with zero attached hydrogens (tertiary/aromatic N) is 4. The number of amides is 1. The first-order chi connectivity index (χ1) is 15.4. The van der Waals surface area contributed by atoms with Crippen LogP contribution in [0.25, 0.3) is 0 Å². The molecule has 8 nitrogen and oxygen atoms in total. The van der Waals surface area contributed by atoms with Crippen LogP contribution in [0.15, 0.2) is 61.1 Å². The first-order valence-corrected chi connectivity index (χ1v) is 10.6. The summed E-state index contributed by atoms with van der Waals surface area (Å²) in [5.41, 5.74) is 0.824. The fourth-order valence-electron chi connectivity index (χ4n) is 3.61. The predicted octanol–water partition coefficient (Wildman–Crippen LogP) is 3.68. The van der Waals surface area contributed by atoms with Crippen LogP contribution in [0.1, 0.15) is 31.2 Å². The number of rotatable bonds is 6. The van der Waals surface area contributed by atoms with Crippen molar-refractivity contribution in [2.75, 3.05) is 25.0 Å². The van der Waals surface area contributed by atoms with Gasteiger partial charge in [0.05, 0.1) is 25.0 Å². The maximum atomic E-state index is 13.3. The highest BCUT2D eigenvalue weighted by atomic mass is 16.5. The van der Waals surface area contributed by atoms with E-state index in [9.17, 15) is 4.79 Å². The third-order valence-corrected chi connectivity index (χ3v) is 5.15. The number of carbonyl (C=O) groups excluding carboxylic acids is 1. The van der Waals surface area contributed by atoms with Crippen molar-refractivity contribution in [2.24, 2.45) is 0 Å². The molecule has 0 radical (unpaired) electrons. The van der Waals surface area contributed by atoms with Gasteiger partial charge in [-0.25, -0.2) is 9.97 Å². The standard InChI is InChI=1S/C24H27N5O3/c1-17-6-4-7-18(14-17)32-24(2,3)23(30)29-12-13-31-20(16-29)19-8-5-9-21(27-19)28-22-15-25-10-11-26-22/h4-11,14-15,20H,12-13,16H2,1-3H3,(H,26,27,28). The lowest BCUT2D eigenvalue weighted by molar-refractivity contribution is -0.153. The molecule has 1 aromatic carbocycles. The molecule has 1 aliphatic heterocycles. The van der Waals surface area contributed by atoms with Gasteiger partial charge >= 0.3 is 0 Å². The molecule has 0 bridgehead atoms. The van der Waals surface area contributed by atoms with E-state index < -0.39 is 5.60 Å². The van der Waals surface area contributed by atoms with Gasteiger partial charge in [0.2, 0.25) is 0 Å². The molecular weight excluding hydrogens is 406 g/mol. The Hall–Kier alpha value is -3.52. The maximum absolute atomic E-state index is 13.3. The molecule has 0 saturated carbocycles. The summed E-state index contributed by atoms with van der Waals surface area (Å²) in [6, 6.07) is 13.4. The Bertz CT molecular complexity index is 1070. The lowest BCUT2D eigenvalue weighted by atomic mass is 10.1. The van der Waals surface area contributed by atoms with Gasteiger partial charge in [-0.15, -0.1) is 0 Å². The van der Waals surface area contributed by atoms with Crippen molar-refractivity contribution >= 4 is 17.5 Å². The zero-order chi connectivity index (χ0) is 22.6. The molecule has 1 fully saturated rings. The van der Waals surface area contributed by atoms with Gasteiger partial charge in [-0.05, 0) is 50.6 Å². The molecule has 166 valence electrons. The molecule has 3 heterocycles. The fourth-order valence-corrected chi connectivity index (χ4v) is 3.61. The Morgan fingerprint density at radius 1 is 1.19 bits per heavy atom. The third-order valence-electron chi connectivity index (χ3n) is 5.15. The van der Waals surface area contributed by atoms with Crippen LogP contribution < -0.4 is 10.1 Å². The second kappa shape index (κ2) is 9.32. The van der Waals surface area contributed by atoms with Crippen molar-refractivity contribution < 1.29 is 14.3 Å². The molecule has 1 amide bonds. The van der Waals surface area contributed by atoms with Crippen LogP contribution in [0, 0.1) is 6.92 Å². The molecule has 1 atom stereocenters. The number of hydrogen-bond donors (Lipinski definition) is 1. The minimum atomic E-state index is -1.00. The van der Waals surface area contributed by atoms with Crippen LogP contribution in [0.2, 0.25) is 0 Å². The average molecular weight is 434 g/mol. The normalized spacial score (nSPS) is 16.5. The van der Waals surface area contributed by atoms with Crippen LogP contribution in [-0.4, -0.2) is 51.1 Å². The van der Waals surface area contributed by atoms with E-state index in [-0.39, 0.29) is 12.0 Å². The smallest absolute Gasteiger partial charge is 0.266 e. The number of carbonyl (C=O) groups is 1. The predicted molar refractivity (Wildman–Crippen MR) is 121 cm³/mol. The van der Waals surface area contributed by atoms with E-state index in [4.69, 9.17) is 9.47 Å². The summed E-state index contributed by atoms with van der Waals surface area (Å²) in [4.78, 5) is 28.0. The van der Waals surface area contributed by atoms with Crippen LogP contribution in [-0.2, 0) is 9.53 Å². The van der Waals surface area contributed by atoms with Crippen molar-refractivity contribution in [3.8, 4) is 5.75 Å². The van der Waals surface area contributed by atoms with E-state index in [0.29, 0.717) is 37.1 Å². The lowest BCUT2D eigenvalue weighted by Crippen LogP contribution is -2.53. The van der Waals surface area contributed by atoms with Crippen LogP contribution in [0.5, 0.6) is 5.75 Å². The van der Waals surface area contributed by atoms with Crippen LogP contribution >= 0.6 is 0 Å². The average Bonchev–Trinajstić information content (AvgIpc) is 2.79. The molecule has 32 heavy (non-hydrogen) atoms. The number of anilines is 2. The second-order valence-electron chi connectivity index (χ2n) is 8.20. The summed E-state index contributed by atoms with van der Waals surface area (Å²) >= 11 is 0. The largest absolute Gasteiger partial charge is 0.478 e. The number of nitrogens with one attached hydrogen (secondary N) is 1. The zero-order valence-electron chi connectivity index (χ0n) is 18.5. The van der Waals surface area contributed by atoms with Gasteiger partial charge in [0.25, 0.3) is 5.91 Å². The number of aromatic nitrogens is 3. The Morgan fingerprint density at radius 3 is 2.81 bits per heavy atom. The summed E-state index contributed by atoms with van der Waals surface area (Å²) in [7, 11) is 0. The Morgan fingerprint density at radius 2 is 2.03 bits per heavy atom. The van der Waals surface area contributed by atoms with Gasteiger partial charge in [-0.3, -0.25) is 9.78 Å². The minimum Gasteiger partial charge on any atom is -0.478 e. The Balaban J connectivity index is 1.45. The second-order valence-corrected chi connectivity index (χ2v) is 8.20. The van der Waals surface area contributed by atoms with Crippen molar-refractivity contribution in [1.29, 1.82) is 0 Å². The van der Waals surface area contributed by atoms with Crippen LogP contribution in [0.4, 0.5) is 11.6 Å². The molecule has 8 heteroatoms. The quantitative estimate of drug-likeness (QED) is 0.634. The van der Waals surface area contributed by atoms with E-state index in [1.165, 1.54) is 0 Å². The lowest BCUT2D eigenvalue weighted by Gasteiger charge is -2.37. The van der Waals surface area contributed by atoms with E-state index >= 15 is 0 Å². The molecule has 1 aliphatic rings. The minimum absolute atomic E-state index is 0.0823. The third kappa shape index (κ3) is 5.20. The van der Waals surface area contributed by atoms with Gasteiger partial charge in [0, 0.05) is 18.9 Å². The summed E-state index contributed by atoms with van der Waals surface area (Å²) < 4.78 is 12.0. The summed E-state index contributed by atoms with van der Waals surface area (Å²) in [5, 5.41) is 3.13. The number of aryl methyl sites for hydroxylation is 1. The van der Waals surface area contributed by atoms with Gasteiger partial charge in [-0.2, -0.15) is 0 Å². The van der Waals surface area contributed by atoms with Crippen molar-refractivity contribution in [2.45, 2.75) is 32.5 Å². The van der Waals surface area contributed by atoms with Gasteiger partial charge < -0.3 is 19.7 Å². The molecule has 0 aliphatic carbocycles. The monoisotopic (exact) mass is 433 g/mol. The fraction of sp³-hybridized carbons (Fsp3) is 0.333. The highest BCUT2D eigenvalue weighted by molar-refractivity contribution is 5.85. The van der Waals surface area contributed by atoms with E-state index in [0.717, 1.165) is 11.3 Å². The maximum Gasteiger partial charge on any atom is 0.266 e. The molecule has 1 unspecified atom stereocenters. The number of benzene rings is 1. The summed E-state index contributed by atoms with van der Waals surface area (Å²) in [5.74, 6) is 1.84. The number of ether oxygens (including phenoxy) is 2. The molecular formula is C24H27N5O3. The number of pyridine rings is 1. The van der Waals surface area contributed by atoms with E-state index in [1.807, 2.05) is 49.4 Å². The van der Waals surface area contributed by atoms with Gasteiger partial charge in [-0.1, -0.05) is 18.2 Å². The van der Waals surface area contributed by atoms with Crippen molar-refractivity contribution in [3.63, 3.8) is 0 Å². The Labute approximate surface area is 187 Å². The SMILES string of the molecule is Cc1cccc(OC(C)(C)C(=O)N2CCOC(c3cccc(Nc4cnccn4)n3)C2)c1. The highest BCUT2D eigenvalue weighted by Crippen LogP contribution is 2.26. The first kappa shape index (κ1) is 21.7. The van der Waals surface area contributed by atoms with Crippen molar-refractivity contribution in [3.05, 3.63) is 72.3 Å². The zero-order valence-corrected chi connectivity index (χ0v) is 18.5. The van der Waals surface area contributed by atoms with Gasteiger partial charge in [0.1, 0.15) is 23.5 Å².